The summed E-state index contributed by atoms with van der Waals surface area (Å²) in [5, 5.41) is 6.46. The standard InChI is InChI=1S/C22H19N5O5S/c1-14-11-12-23-22(24-14)27-33(29,30)18-9-5-16(6-10-18)25-21(28)19-13-20(32-26-19)15-3-7-17(31-2)8-4-15/h3-13H,1-2H3,(H,25,28)(H,23,24,27). The number of amides is 1. The second kappa shape index (κ2) is 9.09. The number of benzene rings is 2. The van der Waals surface area contributed by atoms with Crippen molar-refractivity contribution in [3.05, 3.63) is 78.2 Å². The Morgan fingerprint density at radius 3 is 2.42 bits per heavy atom. The zero-order valence-corrected chi connectivity index (χ0v) is 18.5. The SMILES string of the molecule is COc1ccc(-c2cc(C(=O)Nc3ccc(S(=O)(=O)Nc4nccc(C)n4)cc3)no2)cc1. The topological polar surface area (TPSA) is 136 Å². The Labute approximate surface area is 189 Å². The van der Waals surface area contributed by atoms with Gasteiger partial charge in [0.25, 0.3) is 15.9 Å². The number of carbonyl (C=O) groups excluding carboxylic acids is 1. The minimum atomic E-state index is -3.88. The molecule has 0 aliphatic heterocycles. The number of methoxy groups -OCH3 is 1. The fraction of sp³-hybridized carbons (Fsp3) is 0.0909. The van der Waals surface area contributed by atoms with Crippen LogP contribution in [0.15, 0.2) is 76.3 Å². The number of hydrogen-bond acceptors (Lipinski definition) is 8. The zero-order chi connectivity index (χ0) is 23.4. The van der Waals surface area contributed by atoms with Crippen molar-refractivity contribution in [1.82, 2.24) is 15.1 Å². The third-order valence-electron chi connectivity index (χ3n) is 4.56. The van der Waals surface area contributed by atoms with E-state index in [1.54, 1.807) is 44.4 Å². The molecule has 0 unspecified atom stereocenters. The molecule has 1 amide bonds. The van der Waals surface area contributed by atoms with Gasteiger partial charge in [0.1, 0.15) is 5.75 Å². The minimum Gasteiger partial charge on any atom is -0.497 e. The molecule has 0 saturated carbocycles. The number of hydrogen-bond donors (Lipinski definition) is 2. The van der Waals surface area contributed by atoms with Crippen molar-refractivity contribution in [1.29, 1.82) is 0 Å². The fourth-order valence-electron chi connectivity index (χ4n) is 2.86. The van der Waals surface area contributed by atoms with Crippen molar-refractivity contribution in [2.45, 2.75) is 11.8 Å². The van der Waals surface area contributed by atoms with Crippen LogP contribution in [0.4, 0.5) is 11.6 Å². The van der Waals surface area contributed by atoms with Crippen LogP contribution in [-0.2, 0) is 10.0 Å². The minimum absolute atomic E-state index is 0.00571. The Balaban J connectivity index is 1.43. The van der Waals surface area contributed by atoms with E-state index in [1.165, 1.54) is 36.5 Å². The van der Waals surface area contributed by atoms with Gasteiger partial charge in [-0.1, -0.05) is 5.16 Å². The van der Waals surface area contributed by atoms with E-state index in [4.69, 9.17) is 9.26 Å². The number of carbonyl (C=O) groups is 1. The molecule has 0 saturated heterocycles. The molecule has 2 N–H and O–H groups in total. The summed E-state index contributed by atoms with van der Waals surface area (Å²) in [6.45, 7) is 1.73. The quantitative estimate of drug-likeness (QED) is 0.423. The molecule has 4 aromatic rings. The highest BCUT2D eigenvalue weighted by Crippen LogP contribution is 2.24. The highest BCUT2D eigenvalue weighted by molar-refractivity contribution is 7.92. The highest BCUT2D eigenvalue weighted by atomic mass is 32.2. The first-order valence-corrected chi connectivity index (χ1v) is 11.2. The molecule has 11 heteroatoms. The maximum atomic E-state index is 12.5. The van der Waals surface area contributed by atoms with Gasteiger partial charge in [-0.25, -0.2) is 23.1 Å². The van der Waals surface area contributed by atoms with E-state index in [0.717, 1.165) is 5.56 Å². The van der Waals surface area contributed by atoms with Gasteiger partial charge in [-0.05, 0) is 61.5 Å². The van der Waals surface area contributed by atoms with Gasteiger partial charge in [0.15, 0.2) is 11.5 Å². The molecule has 0 fully saturated rings. The largest absolute Gasteiger partial charge is 0.497 e. The average molecular weight is 465 g/mol. The molecule has 168 valence electrons. The van der Waals surface area contributed by atoms with Gasteiger partial charge in [0.2, 0.25) is 5.95 Å². The van der Waals surface area contributed by atoms with Crippen LogP contribution in [0.1, 0.15) is 16.2 Å². The van der Waals surface area contributed by atoms with E-state index < -0.39 is 15.9 Å². The van der Waals surface area contributed by atoms with Gasteiger partial charge < -0.3 is 14.6 Å². The second-order valence-corrected chi connectivity index (χ2v) is 8.59. The van der Waals surface area contributed by atoms with Gasteiger partial charge in [-0.15, -0.1) is 0 Å². The fourth-order valence-corrected chi connectivity index (χ4v) is 3.81. The van der Waals surface area contributed by atoms with Crippen molar-refractivity contribution >= 4 is 27.6 Å². The van der Waals surface area contributed by atoms with E-state index in [1.807, 2.05) is 0 Å². The van der Waals surface area contributed by atoms with Gasteiger partial charge in [0, 0.05) is 29.2 Å². The van der Waals surface area contributed by atoms with Crippen molar-refractivity contribution in [3.8, 4) is 17.1 Å². The van der Waals surface area contributed by atoms with Crippen LogP contribution in [0, 0.1) is 6.92 Å². The lowest BCUT2D eigenvalue weighted by Gasteiger charge is -2.08. The van der Waals surface area contributed by atoms with E-state index in [2.05, 4.69) is 25.2 Å². The third-order valence-corrected chi connectivity index (χ3v) is 5.90. The molecule has 2 aromatic carbocycles. The van der Waals surface area contributed by atoms with Crippen molar-refractivity contribution in [3.63, 3.8) is 0 Å². The number of anilines is 2. The number of sulfonamides is 1. The summed E-state index contributed by atoms with van der Waals surface area (Å²) in [6, 6.07) is 15.9. The number of nitrogens with zero attached hydrogens (tertiary/aromatic N) is 3. The van der Waals surface area contributed by atoms with Crippen molar-refractivity contribution in [2.24, 2.45) is 0 Å². The van der Waals surface area contributed by atoms with E-state index in [-0.39, 0.29) is 16.5 Å². The molecule has 0 aliphatic rings. The molecule has 0 bridgehead atoms. The smallest absolute Gasteiger partial charge is 0.277 e. The summed E-state index contributed by atoms with van der Waals surface area (Å²) in [5.74, 6) is 0.600. The van der Waals surface area contributed by atoms with Gasteiger partial charge >= 0.3 is 0 Å². The number of aromatic nitrogens is 3. The van der Waals surface area contributed by atoms with Gasteiger partial charge in [0.05, 0.1) is 12.0 Å². The van der Waals surface area contributed by atoms with Crippen molar-refractivity contribution in [2.75, 3.05) is 17.1 Å². The Kier molecular flexibility index (Phi) is 6.05. The Morgan fingerprint density at radius 1 is 1.03 bits per heavy atom. The lowest BCUT2D eigenvalue weighted by Crippen LogP contribution is -2.16. The summed E-state index contributed by atoms with van der Waals surface area (Å²) < 4.78 is 37.8. The predicted octanol–water partition coefficient (Wildman–Crippen LogP) is 3.50. The van der Waals surface area contributed by atoms with Crippen LogP contribution in [-0.4, -0.2) is 36.6 Å². The molecule has 33 heavy (non-hydrogen) atoms. The second-order valence-electron chi connectivity index (χ2n) is 6.91. The monoisotopic (exact) mass is 465 g/mol. The van der Waals surface area contributed by atoms with Crippen LogP contribution >= 0.6 is 0 Å². The van der Waals surface area contributed by atoms with Crippen LogP contribution in [0.2, 0.25) is 0 Å². The number of ether oxygens (including phenoxy) is 1. The zero-order valence-electron chi connectivity index (χ0n) is 17.6. The van der Waals surface area contributed by atoms with E-state index in [9.17, 15) is 13.2 Å². The first kappa shape index (κ1) is 22.0. The summed E-state index contributed by atoms with van der Waals surface area (Å²) in [6.07, 6.45) is 1.46. The van der Waals surface area contributed by atoms with Crippen molar-refractivity contribution < 1.29 is 22.5 Å². The van der Waals surface area contributed by atoms with Gasteiger partial charge in [-0.3, -0.25) is 4.79 Å². The molecule has 0 aliphatic carbocycles. The summed E-state index contributed by atoms with van der Waals surface area (Å²) in [4.78, 5) is 20.4. The normalized spacial score (nSPS) is 11.1. The number of rotatable bonds is 7. The first-order valence-electron chi connectivity index (χ1n) is 9.69. The Morgan fingerprint density at radius 2 is 1.76 bits per heavy atom. The first-order chi connectivity index (χ1) is 15.8. The summed E-state index contributed by atoms with van der Waals surface area (Å²) >= 11 is 0. The van der Waals surface area contributed by atoms with Crippen LogP contribution < -0.4 is 14.8 Å². The molecule has 0 atom stereocenters. The highest BCUT2D eigenvalue weighted by Gasteiger charge is 2.17. The predicted molar refractivity (Wildman–Crippen MR) is 120 cm³/mol. The summed E-state index contributed by atoms with van der Waals surface area (Å²) in [7, 11) is -2.31. The average Bonchev–Trinajstić information content (AvgIpc) is 3.30. The molecule has 2 aromatic heterocycles. The van der Waals surface area contributed by atoms with E-state index >= 15 is 0 Å². The lowest BCUT2D eigenvalue weighted by atomic mass is 10.1. The van der Waals surface area contributed by atoms with Crippen LogP contribution in [0.3, 0.4) is 0 Å². The van der Waals surface area contributed by atoms with Gasteiger partial charge in [-0.2, -0.15) is 0 Å². The third kappa shape index (κ3) is 5.15. The summed E-state index contributed by atoms with van der Waals surface area (Å²) in [5.41, 5.74) is 1.83. The molecular formula is C22H19N5O5S. The van der Waals surface area contributed by atoms with Crippen LogP contribution in [0.25, 0.3) is 11.3 Å². The molecule has 2 heterocycles. The Bertz CT molecular complexity index is 1380. The molecular weight excluding hydrogens is 446 g/mol. The number of nitrogens with one attached hydrogen (secondary N) is 2. The lowest BCUT2D eigenvalue weighted by molar-refractivity contribution is 0.101. The maximum absolute atomic E-state index is 12.5. The maximum Gasteiger partial charge on any atom is 0.277 e. The Hall–Kier alpha value is -4.25. The molecule has 0 spiro atoms. The number of aryl methyl sites for hydroxylation is 1. The molecule has 0 radical (unpaired) electrons. The van der Waals surface area contributed by atoms with Crippen LogP contribution in [0.5, 0.6) is 5.75 Å². The molecule has 4 rings (SSSR count). The van der Waals surface area contributed by atoms with E-state index in [0.29, 0.717) is 22.9 Å². The molecule has 10 nitrogen and oxygen atoms in total.